The fraction of sp³-hybridized carbons (Fsp3) is 0.286. The summed E-state index contributed by atoms with van der Waals surface area (Å²) in [6.45, 7) is 2.86. The molecule has 1 aromatic carbocycles. The van der Waals surface area contributed by atoms with Gasteiger partial charge in [0.05, 0.1) is 5.69 Å². The molecule has 0 aliphatic carbocycles. The summed E-state index contributed by atoms with van der Waals surface area (Å²) in [4.78, 5) is 8.26. The highest BCUT2D eigenvalue weighted by Gasteiger charge is 2.06. The summed E-state index contributed by atoms with van der Waals surface area (Å²) >= 11 is 6.14. The number of rotatable bonds is 5. The quantitative estimate of drug-likeness (QED) is 0.899. The van der Waals surface area contributed by atoms with Crippen LogP contribution in [0, 0.1) is 0 Å². The Labute approximate surface area is 112 Å². The Hall–Kier alpha value is -1.45. The predicted octanol–water partition coefficient (Wildman–Crippen LogP) is 2.85. The molecule has 1 atom stereocenters. The Morgan fingerprint density at radius 1 is 1.28 bits per heavy atom. The van der Waals surface area contributed by atoms with Crippen molar-refractivity contribution >= 4 is 11.6 Å². The van der Waals surface area contributed by atoms with Crippen LogP contribution in [0.1, 0.15) is 18.2 Å². The number of halogens is 1. The van der Waals surface area contributed by atoms with Gasteiger partial charge in [-0.1, -0.05) is 29.8 Å². The summed E-state index contributed by atoms with van der Waals surface area (Å²) in [6.07, 6.45) is 6.06. The van der Waals surface area contributed by atoms with Crippen molar-refractivity contribution in [3.05, 3.63) is 59.1 Å². The van der Waals surface area contributed by atoms with Crippen molar-refractivity contribution in [1.29, 1.82) is 0 Å². The third-order valence-electron chi connectivity index (χ3n) is 2.73. The molecule has 1 aromatic heterocycles. The zero-order valence-corrected chi connectivity index (χ0v) is 11.1. The van der Waals surface area contributed by atoms with Crippen molar-refractivity contribution in [1.82, 2.24) is 15.3 Å². The summed E-state index contributed by atoms with van der Waals surface area (Å²) in [5, 5.41) is 4.24. The van der Waals surface area contributed by atoms with Gasteiger partial charge in [0.25, 0.3) is 0 Å². The lowest BCUT2D eigenvalue weighted by molar-refractivity contribution is 0.539. The van der Waals surface area contributed by atoms with Gasteiger partial charge >= 0.3 is 0 Å². The highest BCUT2D eigenvalue weighted by atomic mass is 35.5. The number of aromatic nitrogens is 2. The molecule has 0 aliphatic heterocycles. The molecule has 0 spiro atoms. The second-order valence-electron chi connectivity index (χ2n) is 4.27. The molecule has 2 rings (SSSR count). The van der Waals surface area contributed by atoms with E-state index in [2.05, 4.69) is 28.3 Å². The lowest BCUT2D eigenvalue weighted by atomic mass is 10.1. The maximum Gasteiger partial charge on any atom is 0.0724 e. The first-order chi connectivity index (χ1) is 8.75. The average molecular weight is 262 g/mol. The Morgan fingerprint density at radius 3 is 2.83 bits per heavy atom. The fourth-order valence-electron chi connectivity index (χ4n) is 1.77. The van der Waals surface area contributed by atoms with Crippen LogP contribution in [-0.4, -0.2) is 16.0 Å². The monoisotopic (exact) mass is 261 g/mol. The van der Waals surface area contributed by atoms with Crippen LogP contribution in [0.4, 0.5) is 0 Å². The van der Waals surface area contributed by atoms with Crippen LogP contribution in [0.25, 0.3) is 0 Å². The number of hydrogen-bond acceptors (Lipinski definition) is 3. The van der Waals surface area contributed by atoms with E-state index in [4.69, 9.17) is 11.6 Å². The van der Waals surface area contributed by atoms with E-state index in [1.165, 1.54) is 5.56 Å². The minimum atomic E-state index is 0.340. The van der Waals surface area contributed by atoms with Gasteiger partial charge in [0.1, 0.15) is 0 Å². The van der Waals surface area contributed by atoms with Crippen LogP contribution >= 0.6 is 11.6 Å². The second-order valence-corrected chi connectivity index (χ2v) is 4.68. The van der Waals surface area contributed by atoms with E-state index in [0.29, 0.717) is 6.04 Å². The zero-order chi connectivity index (χ0) is 12.8. The molecule has 0 bridgehead atoms. The number of nitrogens with zero attached hydrogens (tertiary/aromatic N) is 2. The largest absolute Gasteiger partial charge is 0.308 e. The first-order valence-electron chi connectivity index (χ1n) is 5.97. The molecular formula is C14H16ClN3. The predicted molar refractivity (Wildman–Crippen MR) is 73.5 cm³/mol. The topological polar surface area (TPSA) is 37.8 Å². The van der Waals surface area contributed by atoms with E-state index in [0.717, 1.165) is 23.7 Å². The van der Waals surface area contributed by atoms with Gasteiger partial charge in [0, 0.05) is 36.2 Å². The van der Waals surface area contributed by atoms with E-state index in [9.17, 15) is 0 Å². The first kappa shape index (κ1) is 13.0. The third kappa shape index (κ3) is 3.79. The van der Waals surface area contributed by atoms with E-state index in [-0.39, 0.29) is 0 Å². The van der Waals surface area contributed by atoms with Crippen LogP contribution in [0.15, 0.2) is 42.9 Å². The number of benzene rings is 1. The van der Waals surface area contributed by atoms with Crippen LogP contribution in [0.5, 0.6) is 0 Å². The van der Waals surface area contributed by atoms with Crippen LogP contribution < -0.4 is 5.32 Å². The van der Waals surface area contributed by atoms with Gasteiger partial charge in [0.2, 0.25) is 0 Å². The smallest absolute Gasteiger partial charge is 0.0724 e. The molecule has 0 saturated heterocycles. The second kappa shape index (κ2) is 6.47. The molecule has 18 heavy (non-hydrogen) atoms. The SMILES string of the molecule is CC(Cc1ccccc1Cl)NCc1cnccn1. The van der Waals surface area contributed by atoms with E-state index < -0.39 is 0 Å². The molecule has 0 fully saturated rings. The lowest BCUT2D eigenvalue weighted by Crippen LogP contribution is -2.28. The molecule has 1 N–H and O–H groups in total. The summed E-state index contributed by atoms with van der Waals surface area (Å²) in [6, 6.07) is 8.28. The molecular weight excluding hydrogens is 246 g/mol. The Morgan fingerprint density at radius 2 is 2.11 bits per heavy atom. The molecule has 0 radical (unpaired) electrons. The van der Waals surface area contributed by atoms with Crippen molar-refractivity contribution in [2.75, 3.05) is 0 Å². The highest BCUT2D eigenvalue weighted by Crippen LogP contribution is 2.16. The maximum atomic E-state index is 6.14. The Kier molecular flexibility index (Phi) is 4.67. The van der Waals surface area contributed by atoms with Crippen molar-refractivity contribution in [3.63, 3.8) is 0 Å². The van der Waals surface area contributed by atoms with Gasteiger partial charge < -0.3 is 5.32 Å². The van der Waals surface area contributed by atoms with Crippen molar-refractivity contribution in [2.24, 2.45) is 0 Å². The van der Waals surface area contributed by atoms with E-state index in [1.54, 1.807) is 18.6 Å². The summed E-state index contributed by atoms with van der Waals surface area (Å²) < 4.78 is 0. The molecule has 0 amide bonds. The molecule has 4 heteroatoms. The van der Waals surface area contributed by atoms with E-state index in [1.807, 2.05) is 18.2 Å². The van der Waals surface area contributed by atoms with Gasteiger partial charge in [-0.05, 0) is 25.0 Å². The Bertz CT molecular complexity index is 487. The fourth-order valence-corrected chi connectivity index (χ4v) is 1.98. The maximum absolute atomic E-state index is 6.14. The van der Waals surface area contributed by atoms with E-state index >= 15 is 0 Å². The molecule has 1 heterocycles. The minimum absolute atomic E-state index is 0.340. The van der Waals surface area contributed by atoms with Gasteiger partial charge in [-0.25, -0.2) is 0 Å². The normalized spacial score (nSPS) is 12.3. The standard InChI is InChI=1S/C14H16ClN3/c1-11(8-12-4-2-3-5-14(12)15)18-10-13-9-16-6-7-17-13/h2-7,9,11,18H,8,10H2,1H3. The number of hydrogen-bond donors (Lipinski definition) is 1. The van der Waals surface area contributed by atoms with Gasteiger partial charge in [0.15, 0.2) is 0 Å². The van der Waals surface area contributed by atoms with Gasteiger partial charge in [-0.15, -0.1) is 0 Å². The zero-order valence-electron chi connectivity index (χ0n) is 10.3. The van der Waals surface area contributed by atoms with Crippen LogP contribution in [0.2, 0.25) is 5.02 Å². The molecule has 1 unspecified atom stereocenters. The lowest BCUT2D eigenvalue weighted by Gasteiger charge is -2.14. The Balaban J connectivity index is 1.86. The van der Waals surface area contributed by atoms with Gasteiger partial charge in [-0.3, -0.25) is 9.97 Å². The number of nitrogens with one attached hydrogen (secondary N) is 1. The third-order valence-corrected chi connectivity index (χ3v) is 3.10. The van der Waals surface area contributed by atoms with Crippen LogP contribution in [0.3, 0.4) is 0 Å². The van der Waals surface area contributed by atoms with Crippen LogP contribution in [-0.2, 0) is 13.0 Å². The molecule has 0 saturated carbocycles. The van der Waals surface area contributed by atoms with Crippen molar-refractivity contribution in [2.45, 2.75) is 25.9 Å². The molecule has 3 nitrogen and oxygen atoms in total. The van der Waals surface area contributed by atoms with Gasteiger partial charge in [-0.2, -0.15) is 0 Å². The minimum Gasteiger partial charge on any atom is -0.308 e. The molecule has 94 valence electrons. The first-order valence-corrected chi connectivity index (χ1v) is 6.35. The average Bonchev–Trinajstić information content (AvgIpc) is 2.40. The molecule has 0 aliphatic rings. The summed E-state index contributed by atoms with van der Waals surface area (Å²) in [7, 11) is 0. The highest BCUT2D eigenvalue weighted by molar-refractivity contribution is 6.31. The summed E-state index contributed by atoms with van der Waals surface area (Å²) in [5.74, 6) is 0. The molecule has 2 aromatic rings. The van der Waals surface area contributed by atoms with Crippen molar-refractivity contribution in [3.8, 4) is 0 Å². The summed E-state index contributed by atoms with van der Waals surface area (Å²) in [5.41, 5.74) is 2.11. The van der Waals surface area contributed by atoms with Crippen molar-refractivity contribution < 1.29 is 0 Å².